The average molecular weight is 299 g/mol. The molecule has 1 aliphatic heterocycles. The van der Waals surface area contributed by atoms with E-state index in [1.165, 1.54) is 12.1 Å². The van der Waals surface area contributed by atoms with Crippen molar-refractivity contribution in [2.45, 2.75) is 19.1 Å². The number of β-amino-alcohol motifs (C(OH)–C–C–N with tert-alkyl or cyclic N) is 1. The highest BCUT2D eigenvalue weighted by atomic mass is 19.2. The van der Waals surface area contributed by atoms with Gasteiger partial charge in [-0.1, -0.05) is 12.1 Å². The number of urea groups is 1. The molecule has 0 aliphatic carbocycles. The van der Waals surface area contributed by atoms with Crippen LogP contribution in [0.15, 0.2) is 18.2 Å². The normalized spacial score (nSPS) is 21.9. The molecule has 21 heavy (non-hydrogen) atoms. The zero-order chi connectivity index (χ0) is 15.2. The standard InChI is InChI=1S/C14H19F2N3O2/c15-11-3-1-2-10(13(11)16)7-19-14(21)18-6-9-4-5-17-8-12(9)20/h1-3,9,12,17,20H,4-8H2,(H2,18,19,21)/t9-,12+/m0/s1. The number of rotatable bonds is 4. The van der Waals surface area contributed by atoms with Gasteiger partial charge in [-0.15, -0.1) is 0 Å². The molecule has 1 aromatic rings. The van der Waals surface area contributed by atoms with Crippen molar-refractivity contribution in [3.63, 3.8) is 0 Å². The van der Waals surface area contributed by atoms with Gasteiger partial charge in [0.1, 0.15) is 0 Å². The molecule has 1 aromatic carbocycles. The molecule has 4 N–H and O–H groups in total. The first kappa shape index (κ1) is 15.7. The largest absolute Gasteiger partial charge is 0.391 e. The van der Waals surface area contributed by atoms with E-state index in [1.807, 2.05) is 0 Å². The van der Waals surface area contributed by atoms with E-state index in [4.69, 9.17) is 0 Å². The smallest absolute Gasteiger partial charge is 0.315 e. The van der Waals surface area contributed by atoms with E-state index in [0.717, 1.165) is 19.0 Å². The van der Waals surface area contributed by atoms with Crippen LogP contribution in [0.1, 0.15) is 12.0 Å². The van der Waals surface area contributed by atoms with Crippen molar-refractivity contribution in [3.05, 3.63) is 35.4 Å². The summed E-state index contributed by atoms with van der Waals surface area (Å²) in [7, 11) is 0. The Balaban J connectivity index is 1.76. The van der Waals surface area contributed by atoms with Gasteiger partial charge in [-0.2, -0.15) is 0 Å². The van der Waals surface area contributed by atoms with Gasteiger partial charge in [-0.25, -0.2) is 13.6 Å². The van der Waals surface area contributed by atoms with E-state index >= 15 is 0 Å². The summed E-state index contributed by atoms with van der Waals surface area (Å²) in [5, 5.41) is 17.9. The van der Waals surface area contributed by atoms with Crippen LogP contribution in [0.25, 0.3) is 0 Å². The lowest BCUT2D eigenvalue weighted by molar-refractivity contribution is 0.0827. The maximum atomic E-state index is 13.4. The Labute approximate surface area is 121 Å². The summed E-state index contributed by atoms with van der Waals surface area (Å²) >= 11 is 0. The lowest BCUT2D eigenvalue weighted by Gasteiger charge is -2.28. The van der Waals surface area contributed by atoms with Crippen molar-refractivity contribution in [3.8, 4) is 0 Å². The van der Waals surface area contributed by atoms with E-state index in [-0.39, 0.29) is 18.0 Å². The van der Waals surface area contributed by atoms with Crippen LogP contribution in [0, 0.1) is 17.6 Å². The number of hydrogen-bond donors (Lipinski definition) is 4. The predicted octanol–water partition coefficient (Wildman–Crippen LogP) is 0.734. The lowest BCUT2D eigenvalue weighted by atomic mass is 9.95. The van der Waals surface area contributed by atoms with Gasteiger partial charge in [0, 0.05) is 31.1 Å². The van der Waals surface area contributed by atoms with E-state index in [0.29, 0.717) is 13.1 Å². The number of piperidine rings is 1. The minimum Gasteiger partial charge on any atom is -0.391 e. The lowest BCUT2D eigenvalue weighted by Crippen LogP contribution is -2.47. The summed E-state index contributed by atoms with van der Waals surface area (Å²) in [6.07, 6.45) is 0.291. The molecule has 1 fully saturated rings. The molecule has 0 aromatic heterocycles. The van der Waals surface area contributed by atoms with Crippen LogP contribution in [0.3, 0.4) is 0 Å². The summed E-state index contributed by atoms with van der Waals surface area (Å²) in [6, 6.07) is 3.36. The third-order valence-electron chi connectivity index (χ3n) is 3.59. The second-order valence-corrected chi connectivity index (χ2v) is 5.10. The Morgan fingerprint density at radius 2 is 2.19 bits per heavy atom. The van der Waals surface area contributed by atoms with Crippen LogP contribution in [0.5, 0.6) is 0 Å². The number of benzene rings is 1. The van der Waals surface area contributed by atoms with Crippen LogP contribution in [-0.2, 0) is 6.54 Å². The molecule has 7 heteroatoms. The summed E-state index contributed by atoms with van der Waals surface area (Å²) in [4.78, 5) is 11.6. The molecule has 0 radical (unpaired) electrons. The minimum atomic E-state index is -0.952. The molecule has 116 valence electrons. The van der Waals surface area contributed by atoms with E-state index < -0.39 is 23.8 Å². The molecule has 5 nitrogen and oxygen atoms in total. The fourth-order valence-electron chi connectivity index (χ4n) is 2.28. The molecule has 2 rings (SSSR count). The zero-order valence-electron chi connectivity index (χ0n) is 11.5. The van der Waals surface area contributed by atoms with Crippen molar-refractivity contribution in [1.82, 2.24) is 16.0 Å². The Morgan fingerprint density at radius 3 is 2.95 bits per heavy atom. The summed E-state index contributed by atoms with van der Waals surface area (Å²) in [5.74, 6) is -1.89. The maximum Gasteiger partial charge on any atom is 0.315 e. The molecule has 1 heterocycles. The first-order valence-electron chi connectivity index (χ1n) is 6.91. The number of aliphatic hydroxyl groups is 1. The number of hydrogen-bond acceptors (Lipinski definition) is 3. The highest BCUT2D eigenvalue weighted by molar-refractivity contribution is 5.73. The molecule has 1 saturated heterocycles. The van der Waals surface area contributed by atoms with Gasteiger partial charge in [0.2, 0.25) is 0 Å². The third-order valence-corrected chi connectivity index (χ3v) is 3.59. The molecular weight excluding hydrogens is 280 g/mol. The van der Waals surface area contributed by atoms with Crippen LogP contribution >= 0.6 is 0 Å². The second kappa shape index (κ2) is 7.33. The number of carbonyl (C=O) groups excluding carboxylic acids is 1. The Hall–Kier alpha value is -1.73. The minimum absolute atomic E-state index is 0.00269. The van der Waals surface area contributed by atoms with Crippen molar-refractivity contribution in [2.75, 3.05) is 19.6 Å². The molecular formula is C14H19F2N3O2. The molecule has 1 aliphatic rings. The molecule has 0 saturated carbocycles. The van der Waals surface area contributed by atoms with Crippen LogP contribution in [-0.4, -0.2) is 36.9 Å². The first-order valence-corrected chi connectivity index (χ1v) is 6.91. The van der Waals surface area contributed by atoms with Crippen molar-refractivity contribution < 1.29 is 18.7 Å². The zero-order valence-corrected chi connectivity index (χ0v) is 11.5. The number of aliphatic hydroxyl groups excluding tert-OH is 1. The summed E-state index contributed by atoms with van der Waals surface area (Å²) in [5.41, 5.74) is 0.0899. The second-order valence-electron chi connectivity index (χ2n) is 5.10. The van der Waals surface area contributed by atoms with Crippen LogP contribution in [0.2, 0.25) is 0 Å². The summed E-state index contributed by atoms with van der Waals surface area (Å²) < 4.78 is 26.4. The molecule has 0 unspecified atom stereocenters. The quantitative estimate of drug-likeness (QED) is 0.662. The Kier molecular flexibility index (Phi) is 5.46. The van der Waals surface area contributed by atoms with Crippen LogP contribution in [0.4, 0.5) is 13.6 Å². The highest BCUT2D eigenvalue weighted by Crippen LogP contribution is 2.12. The molecule has 2 atom stereocenters. The van der Waals surface area contributed by atoms with Gasteiger partial charge in [-0.05, 0) is 19.0 Å². The fourth-order valence-corrected chi connectivity index (χ4v) is 2.28. The SMILES string of the molecule is O=C(NCc1cccc(F)c1F)NC[C@@H]1CCNC[C@H]1O. The van der Waals surface area contributed by atoms with E-state index in [9.17, 15) is 18.7 Å². The van der Waals surface area contributed by atoms with Gasteiger partial charge in [0.25, 0.3) is 0 Å². The molecule has 2 amide bonds. The monoisotopic (exact) mass is 299 g/mol. The highest BCUT2D eigenvalue weighted by Gasteiger charge is 2.22. The predicted molar refractivity (Wildman–Crippen MR) is 73.6 cm³/mol. The van der Waals surface area contributed by atoms with Gasteiger partial charge < -0.3 is 21.1 Å². The topological polar surface area (TPSA) is 73.4 Å². The van der Waals surface area contributed by atoms with Crippen molar-refractivity contribution in [1.29, 1.82) is 0 Å². The summed E-state index contributed by atoms with van der Waals surface area (Å²) in [6.45, 7) is 1.58. The van der Waals surface area contributed by atoms with E-state index in [2.05, 4.69) is 16.0 Å². The molecule has 0 bridgehead atoms. The van der Waals surface area contributed by atoms with E-state index in [1.54, 1.807) is 0 Å². The van der Waals surface area contributed by atoms with Crippen LogP contribution < -0.4 is 16.0 Å². The number of nitrogens with one attached hydrogen (secondary N) is 3. The van der Waals surface area contributed by atoms with Gasteiger partial charge in [0.05, 0.1) is 6.10 Å². The maximum absolute atomic E-state index is 13.4. The van der Waals surface area contributed by atoms with Gasteiger partial charge >= 0.3 is 6.03 Å². The number of halogens is 2. The Morgan fingerprint density at radius 1 is 1.38 bits per heavy atom. The molecule has 0 spiro atoms. The third kappa shape index (κ3) is 4.37. The van der Waals surface area contributed by atoms with Crippen molar-refractivity contribution in [2.24, 2.45) is 5.92 Å². The average Bonchev–Trinajstić information content (AvgIpc) is 2.48. The number of amides is 2. The first-order chi connectivity index (χ1) is 10.1. The number of carbonyl (C=O) groups is 1. The van der Waals surface area contributed by atoms with Crippen molar-refractivity contribution >= 4 is 6.03 Å². The fraction of sp³-hybridized carbons (Fsp3) is 0.500. The van der Waals surface area contributed by atoms with Gasteiger partial charge in [-0.3, -0.25) is 0 Å². The van der Waals surface area contributed by atoms with Gasteiger partial charge in [0.15, 0.2) is 11.6 Å². The Bertz CT molecular complexity index is 499.